The van der Waals surface area contributed by atoms with Crippen molar-refractivity contribution in [3.8, 4) is 17.6 Å². The van der Waals surface area contributed by atoms with Crippen LogP contribution in [0.4, 0.5) is 0 Å². The number of hydrogen-bond donors (Lipinski definition) is 2. The van der Waals surface area contributed by atoms with Crippen LogP contribution in [0.5, 0.6) is 11.5 Å². The van der Waals surface area contributed by atoms with Gasteiger partial charge in [-0.2, -0.15) is 5.26 Å². The number of rotatable bonds is 1. The van der Waals surface area contributed by atoms with Gasteiger partial charge in [-0.1, -0.05) is 18.2 Å². The lowest BCUT2D eigenvalue weighted by molar-refractivity contribution is 0.394. The van der Waals surface area contributed by atoms with E-state index in [2.05, 4.69) is 11.1 Å². The van der Waals surface area contributed by atoms with Crippen molar-refractivity contribution in [2.75, 3.05) is 0 Å². The molecule has 5 heteroatoms. The fraction of sp³-hybridized carbons (Fsp3) is 0.0526. The number of fused-ring (bicyclic) bond motifs is 3. The Labute approximate surface area is 138 Å². The van der Waals surface area contributed by atoms with E-state index in [0.29, 0.717) is 11.3 Å². The van der Waals surface area contributed by atoms with Crippen LogP contribution in [0.3, 0.4) is 0 Å². The van der Waals surface area contributed by atoms with Crippen molar-refractivity contribution >= 4 is 10.8 Å². The van der Waals surface area contributed by atoms with Crippen LogP contribution < -0.4 is 10.5 Å². The van der Waals surface area contributed by atoms with E-state index in [1.54, 1.807) is 30.6 Å². The minimum atomic E-state index is -0.418. The molecule has 1 atom stereocenters. The van der Waals surface area contributed by atoms with Gasteiger partial charge in [-0.25, -0.2) is 0 Å². The van der Waals surface area contributed by atoms with Crippen molar-refractivity contribution in [1.29, 1.82) is 5.26 Å². The van der Waals surface area contributed by atoms with Gasteiger partial charge in [-0.05, 0) is 35.2 Å². The van der Waals surface area contributed by atoms with Crippen LogP contribution in [0.1, 0.15) is 17.0 Å². The summed E-state index contributed by atoms with van der Waals surface area (Å²) < 4.78 is 5.67. The molecule has 1 aromatic heterocycles. The Morgan fingerprint density at radius 1 is 1.21 bits per heavy atom. The molecule has 3 N–H and O–H groups in total. The van der Waals surface area contributed by atoms with Gasteiger partial charge in [0.2, 0.25) is 5.88 Å². The van der Waals surface area contributed by atoms with E-state index in [1.165, 1.54) is 0 Å². The lowest BCUT2D eigenvalue weighted by Crippen LogP contribution is -2.21. The van der Waals surface area contributed by atoms with Gasteiger partial charge in [-0.3, -0.25) is 4.98 Å². The molecule has 1 aliphatic heterocycles. The standard InChI is InChI=1S/C19H13N3O2/c20-9-14-17(12-2-1-3-13(23)8-12)18-15-10-22-7-6-11(15)4-5-16(18)24-19(14)21/h1-8,10,17,23H,21H2. The third-order valence-corrected chi connectivity index (χ3v) is 4.21. The Balaban J connectivity index is 2.07. The van der Waals surface area contributed by atoms with E-state index in [4.69, 9.17) is 10.5 Å². The summed E-state index contributed by atoms with van der Waals surface area (Å²) in [5.41, 5.74) is 7.90. The first-order chi connectivity index (χ1) is 11.7. The highest BCUT2D eigenvalue weighted by molar-refractivity contribution is 5.89. The van der Waals surface area contributed by atoms with E-state index >= 15 is 0 Å². The molecule has 0 radical (unpaired) electrons. The zero-order valence-corrected chi connectivity index (χ0v) is 12.6. The van der Waals surface area contributed by atoms with Gasteiger partial charge in [0.15, 0.2) is 0 Å². The summed E-state index contributed by atoms with van der Waals surface area (Å²) in [5.74, 6) is 0.399. The van der Waals surface area contributed by atoms with Gasteiger partial charge < -0.3 is 15.6 Å². The second-order valence-corrected chi connectivity index (χ2v) is 5.59. The minimum Gasteiger partial charge on any atom is -0.508 e. The molecule has 0 bridgehead atoms. The maximum atomic E-state index is 9.86. The molecule has 0 fully saturated rings. The second kappa shape index (κ2) is 5.28. The summed E-state index contributed by atoms with van der Waals surface area (Å²) in [6.07, 6.45) is 3.47. The highest BCUT2D eigenvalue weighted by Gasteiger charge is 2.32. The first-order valence-corrected chi connectivity index (χ1v) is 7.42. The molecule has 3 aromatic rings. The summed E-state index contributed by atoms with van der Waals surface area (Å²) >= 11 is 0. The topological polar surface area (TPSA) is 92.2 Å². The Kier molecular flexibility index (Phi) is 3.10. The summed E-state index contributed by atoms with van der Waals surface area (Å²) in [5, 5.41) is 21.4. The van der Waals surface area contributed by atoms with Crippen LogP contribution in [-0.4, -0.2) is 10.1 Å². The van der Waals surface area contributed by atoms with Crippen molar-refractivity contribution in [3.05, 3.63) is 77.4 Å². The first kappa shape index (κ1) is 14.1. The van der Waals surface area contributed by atoms with Gasteiger partial charge >= 0.3 is 0 Å². The largest absolute Gasteiger partial charge is 0.508 e. The number of pyridine rings is 1. The smallest absolute Gasteiger partial charge is 0.205 e. The van der Waals surface area contributed by atoms with Gasteiger partial charge in [0.25, 0.3) is 0 Å². The van der Waals surface area contributed by atoms with E-state index in [-0.39, 0.29) is 11.6 Å². The molecular formula is C19H13N3O2. The molecule has 1 aliphatic rings. The maximum absolute atomic E-state index is 9.86. The molecule has 0 amide bonds. The minimum absolute atomic E-state index is 0.0848. The summed E-state index contributed by atoms with van der Waals surface area (Å²) in [4.78, 5) is 4.20. The zero-order valence-electron chi connectivity index (χ0n) is 12.6. The quantitative estimate of drug-likeness (QED) is 0.719. The third-order valence-electron chi connectivity index (χ3n) is 4.21. The number of nitrogens with two attached hydrogens (primary N) is 1. The van der Waals surface area contributed by atoms with Crippen LogP contribution in [0.25, 0.3) is 10.8 Å². The highest BCUT2D eigenvalue weighted by Crippen LogP contribution is 2.45. The lowest BCUT2D eigenvalue weighted by Gasteiger charge is -2.27. The second-order valence-electron chi connectivity index (χ2n) is 5.59. The normalized spacial score (nSPS) is 16.4. The number of nitriles is 1. The molecule has 0 saturated carbocycles. The molecule has 1 unspecified atom stereocenters. The molecule has 2 heterocycles. The highest BCUT2D eigenvalue weighted by atomic mass is 16.5. The molecule has 4 rings (SSSR count). The third kappa shape index (κ3) is 2.05. The van der Waals surface area contributed by atoms with Crippen molar-refractivity contribution in [1.82, 2.24) is 4.98 Å². The lowest BCUT2D eigenvalue weighted by atomic mass is 9.81. The van der Waals surface area contributed by atoms with Crippen molar-refractivity contribution < 1.29 is 9.84 Å². The van der Waals surface area contributed by atoms with Crippen LogP contribution in [0.15, 0.2) is 66.3 Å². The number of phenolic OH excluding ortho intramolecular Hbond substituents is 1. The predicted molar refractivity (Wildman–Crippen MR) is 89.1 cm³/mol. The van der Waals surface area contributed by atoms with E-state index < -0.39 is 5.92 Å². The van der Waals surface area contributed by atoms with Gasteiger partial charge in [0.1, 0.15) is 23.1 Å². The van der Waals surface area contributed by atoms with Gasteiger partial charge in [0.05, 0.1) is 5.92 Å². The molecule has 2 aromatic carbocycles. The van der Waals surface area contributed by atoms with E-state index in [9.17, 15) is 10.4 Å². The van der Waals surface area contributed by atoms with Crippen molar-refractivity contribution in [3.63, 3.8) is 0 Å². The van der Waals surface area contributed by atoms with Crippen LogP contribution >= 0.6 is 0 Å². The van der Waals surface area contributed by atoms with Gasteiger partial charge in [0, 0.05) is 23.3 Å². The summed E-state index contributed by atoms with van der Waals surface area (Å²) in [6, 6.07) is 14.7. The van der Waals surface area contributed by atoms with E-state index in [0.717, 1.165) is 21.9 Å². The number of phenols is 1. The molecule has 0 saturated heterocycles. The maximum Gasteiger partial charge on any atom is 0.205 e. The number of aromatic nitrogens is 1. The van der Waals surface area contributed by atoms with Crippen molar-refractivity contribution in [2.24, 2.45) is 5.73 Å². The zero-order chi connectivity index (χ0) is 16.7. The average molecular weight is 315 g/mol. The number of nitrogens with zero attached hydrogens (tertiary/aromatic N) is 2. The summed E-state index contributed by atoms with van der Waals surface area (Å²) in [7, 11) is 0. The number of aromatic hydroxyl groups is 1. The Morgan fingerprint density at radius 2 is 2.08 bits per heavy atom. The van der Waals surface area contributed by atoms with Gasteiger partial charge in [-0.15, -0.1) is 0 Å². The van der Waals surface area contributed by atoms with Crippen LogP contribution in [0.2, 0.25) is 0 Å². The molecule has 5 nitrogen and oxygen atoms in total. The number of hydrogen-bond acceptors (Lipinski definition) is 5. The molecule has 0 aliphatic carbocycles. The number of allylic oxidation sites excluding steroid dienone is 1. The van der Waals surface area contributed by atoms with Crippen molar-refractivity contribution in [2.45, 2.75) is 5.92 Å². The van der Waals surface area contributed by atoms with Crippen LogP contribution in [-0.2, 0) is 0 Å². The fourth-order valence-corrected chi connectivity index (χ4v) is 3.17. The first-order valence-electron chi connectivity index (χ1n) is 7.42. The average Bonchev–Trinajstić information content (AvgIpc) is 2.60. The Bertz CT molecular complexity index is 1030. The molecule has 24 heavy (non-hydrogen) atoms. The number of benzene rings is 2. The Morgan fingerprint density at radius 3 is 2.88 bits per heavy atom. The summed E-state index contributed by atoms with van der Waals surface area (Å²) in [6.45, 7) is 0. The fourth-order valence-electron chi connectivity index (χ4n) is 3.17. The van der Waals surface area contributed by atoms with E-state index in [1.807, 2.05) is 24.3 Å². The monoisotopic (exact) mass is 315 g/mol. The van der Waals surface area contributed by atoms with Crippen LogP contribution in [0, 0.1) is 11.3 Å². The molecule has 116 valence electrons. The SMILES string of the molecule is N#CC1=C(N)Oc2ccc3ccncc3c2C1c1cccc(O)c1. The molecular weight excluding hydrogens is 302 g/mol. The number of ether oxygens (including phenoxy) is 1. The Hall–Kier alpha value is -3.52. The molecule has 0 spiro atoms. The predicted octanol–water partition coefficient (Wildman–Crippen LogP) is 3.16.